The average molecular weight is 264 g/mol. The molecule has 1 aromatic rings. The highest BCUT2D eigenvalue weighted by Gasteiger charge is 2.23. The van der Waals surface area contributed by atoms with E-state index in [1.54, 1.807) is 12.1 Å². The third kappa shape index (κ3) is 2.98. The average Bonchev–Trinajstić information content (AvgIpc) is 2.46. The number of benzene rings is 1. The van der Waals surface area contributed by atoms with E-state index >= 15 is 0 Å². The molecule has 2 N–H and O–H groups in total. The first-order valence-corrected chi connectivity index (χ1v) is 6.42. The predicted molar refractivity (Wildman–Crippen MR) is 74.4 cm³/mol. The van der Waals surface area contributed by atoms with Crippen molar-refractivity contribution in [3.05, 3.63) is 23.8 Å². The van der Waals surface area contributed by atoms with Gasteiger partial charge in [0.05, 0.1) is 18.4 Å². The zero-order valence-corrected chi connectivity index (χ0v) is 11.4. The zero-order chi connectivity index (χ0) is 13.8. The Balaban J connectivity index is 2.29. The van der Waals surface area contributed by atoms with Crippen molar-refractivity contribution < 1.29 is 14.3 Å². The van der Waals surface area contributed by atoms with Crippen molar-refractivity contribution in [2.24, 2.45) is 0 Å². The van der Waals surface area contributed by atoms with Gasteiger partial charge in [-0.25, -0.2) is 4.79 Å². The summed E-state index contributed by atoms with van der Waals surface area (Å²) in [7, 11) is 3.37. The normalized spacial score (nSPS) is 16.1. The third-order valence-corrected chi connectivity index (χ3v) is 3.54. The fourth-order valence-corrected chi connectivity index (χ4v) is 2.40. The Morgan fingerprint density at radius 3 is 2.74 bits per heavy atom. The maximum atomic E-state index is 11.8. The fraction of sp³-hybridized carbons (Fsp3) is 0.500. The fourth-order valence-electron chi connectivity index (χ4n) is 2.40. The van der Waals surface area contributed by atoms with E-state index in [1.807, 2.05) is 13.1 Å². The smallest absolute Gasteiger partial charge is 0.340 e. The summed E-state index contributed by atoms with van der Waals surface area (Å²) in [5.41, 5.74) is 7.68. The molecule has 0 amide bonds. The topological polar surface area (TPSA) is 64.8 Å². The van der Waals surface area contributed by atoms with Crippen LogP contribution in [0, 0.1) is 0 Å². The Bertz CT molecular complexity index is 456. The number of rotatable bonds is 3. The third-order valence-electron chi connectivity index (χ3n) is 3.54. The van der Waals surface area contributed by atoms with Crippen LogP contribution in [0.15, 0.2) is 18.2 Å². The van der Waals surface area contributed by atoms with Gasteiger partial charge < -0.3 is 20.1 Å². The molecule has 5 nitrogen and oxygen atoms in total. The Labute approximate surface area is 113 Å². The van der Waals surface area contributed by atoms with Gasteiger partial charge in [-0.1, -0.05) is 0 Å². The Hall–Kier alpha value is -1.75. The predicted octanol–water partition coefficient (Wildman–Crippen LogP) is 1.67. The van der Waals surface area contributed by atoms with Crippen molar-refractivity contribution >= 4 is 17.3 Å². The maximum Gasteiger partial charge on any atom is 0.340 e. The number of esters is 1. The van der Waals surface area contributed by atoms with Crippen LogP contribution < -0.4 is 10.6 Å². The molecule has 1 fully saturated rings. The molecule has 0 unspecified atom stereocenters. The van der Waals surface area contributed by atoms with Gasteiger partial charge in [-0.05, 0) is 31.0 Å². The van der Waals surface area contributed by atoms with E-state index in [9.17, 15) is 4.79 Å². The maximum absolute atomic E-state index is 11.8. The Kier molecular flexibility index (Phi) is 4.27. The Morgan fingerprint density at radius 2 is 2.11 bits per heavy atom. The SMILES string of the molecule is COC(=O)c1cc(N)ccc1N(C)C1CCOCC1. The number of hydrogen-bond acceptors (Lipinski definition) is 5. The molecule has 1 heterocycles. The van der Waals surface area contributed by atoms with E-state index in [2.05, 4.69) is 4.90 Å². The molecule has 1 saturated heterocycles. The first kappa shape index (κ1) is 13.7. The van der Waals surface area contributed by atoms with Crippen LogP contribution >= 0.6 is 0 Å². The van der Waals surface area contributed by atoms with Crippen LogP contribution in [-0.2, 0) is 9.47 Å². The van der Waals surface area contributed by atoms with Gasteiger partial charge in [-0.2, -0.15) is 0 Å². The van der Waals surface area contributed by atoms with Gasteiger partial charge in [0.25, 0.3) is 0 Å². The highest BCUT2D eigenvalue weighted by Crippen LogP contribution is 2.27. The van der Waals surface area contributed by atoms with E-state index < -0.39 is 0 Å². The van der Waals surface area contributed by atoms with Crippen LogP contribution in [0.5, 0.6) is 0 Å². The van der Waals surface area contributed by atoms with E-state index in [0.29, 0.717) is 17.3 Å². The van der Waals surface area contributed by atoms with Gasteiger partial charge in [0, 0.05) is 32.0 Å². The second kappa shape index (κ2) is 5.93. The van der Waals surface area contributed by atoms with E-state index in [4.69, 9.17) is 15.2 Å². The minimum absolute atomic E-state index is 0.360. The number of nitrogens with zero attached hydrogens (tertiary/aromatic N) is 1. The minimum Gasteiger partial charge on any atom is -0.465 e. The second-order valence-electron chi connectivity index (χ2n) is 4.72. The zero-order valence-electron chi connectivity index (χ0n) is 11.4. The highest BCUT2D eigenvalue weighted by molar-refractivity contribution is 5.97. The molecule has 19 heavy (non-hydrogen) atoms. The van der Waals surface area contributed by atoms with Gasteiger partial charge >= 0.3 is 5.97 Å². The quantitative estimate of drug-likeness (QED) is 0.664. The van der Waals surface area contributed by atoms with Gasteiger partial charge in [0.1, 0.15) is 0 Å². The van der Waals surface area contributed by atoms with Crippen LogP contribution in [0.2, 0.25) is 0 Å². The molecule has 0 spiro atoms. The molecule has 0 aromatic heterocycles. The second-order valence-corrected chi connectivity index (χ2v) is 4.72. The summed E-state index contributed by atoms with van der Waals surface area (Å²) in [5, 5.41) is 0. The van der Waals surface area contributed by atoms with Crippen molar-refractivity contribution in [3.63, 3.8) is 0 Å². The number of nitrogen functional groups attached to an aromatic ring is 1. The number of hydrogen-bond donors (Lipinski definition) is 1. The summed E-state index contributed by atoms with van der Waals surface area (Å²) in [6.45, 7) is 1.52. The van der Waals surface area contributed by atoms with Crippen molar-refractivity contribution in [1.82, 2.24) is 0 Å². The summed E-state index contributed by atoms with van der Waals surface area (Å²) >= 11 is 0. The largest absolute Gasteiger partial charge is 0.465 e. The van der Waals surface area contributed by atoms with Crippen LogP contribution in [0.4, 0.5) is 11.4 Å². The van der Waals surface area contributed by atoms with E-state index in [0.717, 1.165) is 31.7 Å². The summed E-state index contributed by atoms with van der Waals surface area (Å²) in [4.78, 5) is 14.0. The lowest BCUT2D eigenvalue weighted by atomic mass is 10.0. The van der Waals surface area contributed by atoms with Crippen molar-refractivity contribution in [3.8, 4) is 0 Å². The lowest BCUT2D eigenvalue weighted by Gasteiger charge is -2.33. The number of methoxy groups -OCH3 is 1. The van der Waals surface area contributed by atoms with E-state index in [1.165, 1.54) is 7.11 Å². The molecule has 0 radical (unpaired) electrons. The molecule has 0 aliphatic carbocycles. The molecule has 2 rings (SSSR count). The molecule has 5 heteroatoms. The molecule has 1 aliphatic rings. The molecular weight excluding hydrogens is 244 g/mol. The standard InChI is InChI=1S/C14H20N2O3/c1-16(11-5-7-19-8-6-11)13-4-3-10(15)9-12(13)14(17)18-2/h3-4,9,11H,5-8,15H2,1-2H3. The molecular formula is C14H20N2O3. The van der Waals surface area contributed by atoms with Gasteiger partial charge in [0.2, 0.25) is 0 Å². The molecule has 104 valence electrons. The van der Waals surface area contributed by atoms with Crippen LogP contribution in [0.1, 0.15) is 23.2 Å². The van der Waals surface area contributed by atoms with Crippen molar-refractivity contribution in [1.29, 1.82) is 0 Å². The lowest BCUT2D eigenvalue weighted by Crippen LogP contribution is -2.37. The summed E-state index contributed by atoms with van der Waals surface area (Å²) in [6.07, 6.45) is 1.92. The van der Waals surface area contributed by atoms with Gasteiger partial charge in [0.15, 0.2) is 0 Å². The molecule has 1 aromatic carbocycles. The van der Waals surface area contributed by atoms with Crippen LogP contribution in [0.25, 0.3) is 0 Å². The number of ether oxygens (including phenoxy) is 2. The molecule has 0 bridgehead atoms. The summed E-state index contributed by atoms with van der Waals surface area (Å²) in [5.74, 6) is -0.360. The van der Waals surface area contributed by atoms with Crippen molar-refractivity contribution in [2.75, 3.05) is 38.0 Å². The van der Waals surface area contributed by atoms with E-state index in [-0.39, 0.29) is 5.97 Å². The minimum atomic E-state index is -0.360. The summed E-state index contributed by atoms with van der Waals surface area (Å²) < 4.78 is 10.2. The number of carbonyl (C=O) groups is 1. The molecule has 0 saturated carbocycles. The molecule has 1 aliphatic heterocycles. The number of carbonyl (C=O) groups excluding carboxylic acids is 1. The van der Waals surface area contributed by atoms with Gasteiger partial charge in [-0.15, -0.1) is 0 Å². The van der Waals surface area contributed by atoms with Gasteiger partial charge in [-0.3, -0.25) is 0 Å². The Morgan fingerprint density at radius 1 is 1.42 bits per heavy atom. The van der Waals surface area contributed by atoms with Crippen LogP contribution in [-0.4, -0.2) is 39.4 Å². The first-order valence-electron chi connectivity index (χ1n) is 6.42. The monoisotopic (exact) mass is 264 g/mol. The van der Waals surface area contributed by atoms with Crippen molar-refractivity contribution in [2.45, 2.75) is 18.9 Å². The summed E-state index contributed by atoms with van der Waals surface area (Å²) in [6, 6.07) is 5.71. The van der Waals surface area contributed by atoms with Crippen LogP contribution in [0.3, 0.4) is 0 Å². The molecule has 0 atom stereocenters. The highest BCUT2D eigenvalue weighted by atomic mass is 16.5. The lowest BCUT2D eigenvalue weighted by molar-refractivity contribution is 0.0601. The number of anilines is 2. The first-order chi connectivity index (χ1) is 9.13. The number of nitrogens with two attached hydrogens (primary N) is 1.